The Bertz CT molecular complexity index is 236. The van der Waals surface area contributed by atoms with Gasteiger partial charge in [-0.05, 0) is 32.7 Å². The highest BCUT2D eigenvalue weighted by molar-refractivity contribution is 5.78. The van der Waals surface area contributed by atoms with Crippen LogP contribution in [0.1, 0.15) is 25.7 Å². The van der Waals surface area contributed by atoms with Gasteiger partial charge in [-0.2, -0.15) is 0 Å². The van der Waals surface area contributed by atoms with Crippen LogP contribution in [-0.4, -0.2) is 36.0 Å². The van der Waals surface area contributed by atoms with E-state index in [2.05, 4.69) is 16.0 Å². The number of aliphatic hydroxyl groups excluding tert-OH is 1. The van der Waals surface area contributed by atoms with Gasteiger partial charge >= 0.3 is 6.03 Å². The first-order valence-electron chi connectivity index (χ1n) is 5.10. The third-order valence-electron chi connectivity index (χ3n) is 3.44. The van der Waals surface area contributed by atoms with E-state index in [0.717, 1.165) is 25.7 Å². The molecule has 1 aliphatic carbocycles. The summed E-state index contributed by atoms with van der Waals surface area (Å²) >= 11 is 0. The van der Waals surface area contributed by atoms with Crippen molar-refractivity contribution in [3.05, 3.63) is 0 Å². The first kappa shape index (κ1) is 9.73. The van der Waals surface area contributed by atoms with E-state index < -0.39 is 11.8 Å². The normalized spacial score (nSPS) is 42.3. The van der Waals surface area contributed by atoms with Gasteiger partial charge in [0.15, 0.2) is 6.23 Å². The smallest absolute Gasteiger partial charge is 0.317 e. The maximum atomic E-state index is 11.1. The Balaban J connectivity index is 2.02. The van der Waals surface area contributed by atoms with Gasteiger partial charge in [0.2, 0.25) is 0 Å². The minimum Gasteiger partial charge on any atom is -0.371 e. The van der Waals surface area contributed by atoms with E-state index in [0.29, 0.717) is 6.04 Å². The summed E-state index contributed by atoms with van der Waals surface area (Å²) in [5.41, 5.74) is -0.412. The van der Waals surface area contributed by atoms with E-state index in [9.17, 15) is 9.90 Å². The molecule has 14 heavy (non-hydrogen) atoms. The number of hydrogen-bond donors (Lipinski definition) is 4. The summed E-state index contributed by atoms with van der Waals surface area (Å²) in [4.78, 5) is 11.1. The molecule has 1 aliphatic heterocycles. The Kier molecular flexibility index (Phi) is 2.36. The van der Waals surface area contributed by atoms with Crippen LogP contribution in [0.5, 0.6) is 0 Å². The van der Waals surface area contributed by atoms with Crippen molar-refractivity contribution in [1.29, 1.82) is 0 Å². The average molecular weight is 199 g/mol. The largest absolute Gasteiger partial charge is 0.371 e. The summed E-state index contributed by atoms with van der Waals surface area (Å²) in [6.45, 7) is 0. The summed E-state index contributed by atoms with van der Waals surface area (Å²) in [5.74, 6) is 0. The van der Waals surface area contributed by atoms with Crippen molar-refractivity contribution < 1.29 is 9.90 Å². The average Bonchev–Trinajstić information content (AvgIpc) is 2.43. The lowest BCUT2D eigenvalue weighted by Gasteiger charge is -2.38. The van der Waals surface area contributed by atoms with Crippen molar-refractivity contribution in [2.75, 3.05) is 7.05 Å². The molecule has 0 aromatic rings. The molecular formula is C9H17N3O2. The Hall–Kier alpha value is -0.810. The molecule has 1 atom stereocenters. The van der Waals surface area contributed by atoms with Gasteiger partial charge in [0.1, 0.15) is 0 Å². The Labute approximate surface area is 83.3 Å². The number of rotatable bonds is 1. The zero-order valence-electron chi connectivity index (χ0n) is 8.34. The van der Waals surface area contributed by atoms with Crippen LogP contribution in [0.4, 0.5) is 4.79 Å². The zero-order chi connectivity index (χ0) is 10.2. The van der Waals surface area contributed by atoms with Gasteiger partial charge in [-0.15, -0.1) is 0 Å². The number of amides is 2. The lowest BCUT2D eigenvalue weighted by atomic mass is 9.79. The van der Waals surface area contributed by atoms with Crippen LogP contribution < -0.4 is 16.0 Å². The van der Waals surface area contributed by atoms with Crippen molar-refractivity contribution in [3.63, 3.8) is 0 Å². The molecule has 5 nitrogen and oxygen atoms in total. The van der Waals surface area contributed by atoms with E-state index in [1.165, 1.54) is 0 Å². The fourth-order valence-electron chi connectivity index (χ4n) is 2.41. The molecule has 2 aliphatic rings. The predicted molar refractivity (Wildman–Crippen MR) is 51.7 cm³/mol. The fraction of sp³-hybridized carbons (Fsp3) is 0.889. The molecule has 2 rings (SSSR count). The predicted octanol–water partition coefficient (Wildman–Crippen LogP) is -0.482. The van der Waals surface area contributed by atoms with Crippen LogP contribution in [0, 0.1) is 0 Å². The molecule has 0 aromatic heterocycles. The van der Waals surface area contributed by atoms with Crippen molar-refractivity contribution in [3.8, 4) is 0 Å². The molecule has 1 unspecified atom stereocenters. The van der Waals surface area contributed by atoms with Crippen LogP contribution in [-0.2, 0) is 0 Å². The Morgan fingerprint density at radius 2 is 2.14 bits per heavy atom. The molecule has 0 bridgehead atoms. The number of carbonyl (C=O) groups is 1. The Morgan fingerprint density at radius 3 is 2.57 bits per heavy atom. The second kappa shape index (κ2) is 3.40. The quantitative estimate of drug-likeness (QED) is 0.461. The van der Waals surface area contributed by atoms with Gasteiger partial charge in [0.25, 0.3) is 0 Å². The molecular weight excluding hydrogens is 182 g/mol. The second-order valence-electron chi connectivity index (χ2n) is 4.22. The van der Waals surface area contributed by atoms with Crippen LogP contribution in [0.2, 0.25) is 0 Å². The van der Waals surface area contributed by atoms with E-state index >= 15 is 0 Å². The maximum Gasteiger partial charge on any atom is 0.317 e. The summed E-state index contributed by atoms with van der Waals surface area (Å²) in [6.07, 6.45) is 2.93. The molecule has 0 radical (unpaired) electrons. The third-order valence-corrected chi connectivity index (χ3v) is 3.44. The SMILES string of the molecule is CNC1CCC2(CC1)NC(=O)NC2O. The molecule has 1 spiro atoms. The number of hydrogen-bond acceptors (Lipinski definition) is 3. The standard InChI is InChI=1S/C9H17N3O2/c1-10-6-2-4-9(5-3-6)7(13)11-8(14)12-9/h6-7,10,13H,2-5H2,1H3,(H2,11,12,14). The van der Waals surface area contributed by atoms with E-state index in [1.54, 1.807) is 0 Å². The highest BCUT2D eigenvalue weighted by atomic mass is 16.3. The van der Waals surface area contributed by atoms with Crippen LogP contribution in [0.3, 0.4) is 0 Å². The van der Waals surface area contributed by atoms with Crippen LogP contribution >= 0.6 is 0 Å². The van der Waals surface area contributed by atoms with E-state index in [1.807, 2.05) is 7.05 Å². The molecule has 1 saturated carbocycles. The lowest BCUT2D eigenvalue weighted by Crippen LogP contribution is -2.53. The van der Waals surface area contributed by atoms with Crippen molar-refractivity contribution >= 4 is 6.03 Å². The molecule has 2 fully saturated rings. The van der Waals surface area contributed by atoms with Gasteiger partial charge in [-0.25, -0.2) is 4.79 Å². The minimum atomic E-state index is -0.729. The first-order chi connectivity index (χ1) is 6.66. The monoisotopic (exact) mass is 199 g/mol. The lowest BCUT2D eigenvalue weighted by molar-refractivity contribution is 0.0513. The molecule has 2 amide bonds. The molecule has 5 heteroatoms. The van der Waals surface area contributed by atoms with E-state index in [-0.39, 0.29) is 6.03 Å². The number of urea groups is 1. The van der Waals surface area contributed by atoms with Crippen molar-refractivity contribution in [2.45, 2.75) is 43.5 Å². The Morgan fingerprint density at radius 1 is 1.50 bits per heavy atom. The van der Waals surface area contributed by atoms with Crippen LogP contribution in [0.25, 0.3) is 0 Å². The van der Waals surface area contributed by atoms with Gasteiger partial charge in [-0.3, -0.25) is 0 Å². The first-order valence-corrected chi connectivity index (χ1v) is 5.10. The zero-order valence-corrected chi connectivity index (χ0v) is 8.34. The summed E-state index contributed by atoms with van der Waals surface area (Å²) in [7, 11) is 1.95. The highest BCUT2D eigenvalue weighted by Crippen LogP contribution is 2.32. The molecule has 80 valence electrons. The van der Waals surface area contributed by atoms with Crippen molar-refractivity contribution in [2.24, 2.45) is 0 Å². The van der Waals surface area contributed by atoms with Gasteiger partial charge < -0.3 is 21.1 Å². The van der Waals surface area contributed by atoms with Gasteiger partial charge in [0.05, 0.1) is 5.54 Å². The second-order valence-corrected chi connectivity index (χ2v) is 4.22. The highest BCUT2D eigenvalue weighted by Gasteiger charge is 2.47. The van der Waals surface area contributed by atoms with E-state index in [4.69, 9.17) is 0 Å². The number of carbonyl (C=O) groups excluding carboxylic acids is 1. The molecule has 1 heterocycles. The van der Waals surface area contributed by atoms with Crippen LogP contribution in [0.15, 0.2) is 0 Å². The molecule has 0 aromatic carbocycles. The molecule has 4 N–H and O–H groups in total. The van der Waals surface area contributed by atoms with Gasteiger partial charge in [-0.1, -0.05) is 0 Å². The minimum absolute atomic E-state index is 0.250. The van der Waals surface area contributed by atoms with Gasteiger partial charge in [0, 0.05) is 6.04 Å². The summed E-state index contributed by atoms with van der Waals surface area (Å²) < 4.78 is 0. The van der Waals surface area contributed by atoms with Crippen molar-refractivity contribution in [1.82, 2.24) is 16.0 Å². The molecule has 1 saturated heterocycles. The summed E-state index contributed by atoms with van der Waals surface area (Å²) in [5, 5.41) is 18.3. The number of nitrogens with one attached hydrogen (secondary N) is 3. The maximum absolute atomic E-state index is 11.1. The topological polar surface area (TPSA) is 73.4 Å². The fourth-order valence-corrected chi connectivity index (χ4v) is 2.41. The third kappa shape index (κ3) is 1.46. The number of aliphatic hydroxyl groups is 1. The summed E-state index contributed by atoms with van der Waals surface area (Å²) in [6, 6.07) is 0.269.